The van der Waals surface area contributed by atoms with E-state index in [2.05, 4.69) is 0 Å². The summed E-state index contributed by atoms with van der Waals surface area (Å²) in [6.07, 6.45) is 3.38. The number of ether oxygens (including phenoxy) is 1. The molecule has 1 fully saturated rings. The molecular weight excluding hydrogens is 245 g/mol. The van der Waals surface area contributed by atoms with Crippen LogP contribution in [-0.4, -0.2) is 23.9 Å². The maximum absolute atomic E-state index is 13.0. The van der Waals surface area contributed by atoms with Gasteiger partial charge in [0.25, 0.3) is 0 Å². The van der Waals surface area contributed by atoms with Gasteiger partial charge in [-0.15, -0.1) is 0 Å². The van der Waals surface area contributed by atoms with Gasteiger partial charge in [0.15, 0.2) is 0 Å². The zero-order chi connectivity index (χ0) is 13.7. The van der Waals surface area contributed by atoms with E-state index in [4.69, 9.17) is 10.5 Å². The van der Waals surface area contributed by atoms with Crippen LogP contribution < -0.4 is 5.73 Å². The van der Waals surface area contributed by atoms with Crippen LogP contribution in [0.1, 0.15) is 31.2 Å². The molecule has 1 aliphatic carbocycles. The van der Waals surface area contributed by atoms with E-state index in [-0.39, 0.29) is 5.82 Å². The fraction of sp³-hybridized carbons (Fsp3) is 0.600. The molecule has 1 saturated carbocycles. The second-order valence-electron chi connectivity index (χ2n) is 5.52. The Hall–Kier alpha value is -0.970. The SMILES string of the molecule is NC[C@]1(O)CC[C@@H](COCc2cccc(F)c2)CC1. The molecule has 0 bridgehead atoms. The van der Waals surface area contributed by atoms with Crippen LogP contribution in [0.3, 0.4) is 0 Å². The highest BCUT2D eigenvalue weighted by molar-refractivity contribution is 5.15. The Morgan fingerprint density at radius 3 is 2.74 bits per heavy atom. The van der Waals surface area contributed by atoms with Crippen LogP contribution in [0.2, 0.25) is 0 Å². The first-order chi connectivity index (χ1) is 9.11. The first-order valence-electron chi connectivity index (χ1n) is 6.86. The Balaban J connectivity index is 1.70. The van der Waals surface area contributed by atoms with E-state index in [0.29, 0.717) is 25.7 Å². The van der Waals surface area contributed by atoms with E-state index in [1.165, 1.54) is 12.1 Å². The van der Waals surface area contributed by atoms with Crippen LogP contribution in [-0.2, 0) is 11.3 Å². The van der Waals surface area contributed by atoms with Gasteiger partial charge >= 0.3 is 0 Å². The summed E-state index contributed by atoms with van der Waals surface area (Å²) in [6, 6.07) is 6.47. The summed E-state index contributed by atoms with van der Waals surface area (Å²) in [6.45, 7) is 1.44. The number of rotatable bonds is 5. The fourth-order valence-electron chi connectivity index (χ4n) is 2.56. The fourth-order valence-corrected chi connectivity index (χ4v) is 2.56. The first kappa shape index (κ1) is 14.4. The van der Waals surface area contributed by atoms with Gasteiger partial charge in [-0.1, -0.05) is 12.1 Å². The highest BCUT2D eigenvalue weighted by Gasteiger charge is 2.31. The van der Waals surface area contributed by atoms with Gasteiger partial charge in [-0.25, -0.2) is 4.39 Å². The lowest BCUT2D eigenvalue weighted by Gasteiger charge is -2.34. The van der Waals surface area contributed by atoms with Gasteiger partial charge in [0.05, 0.1) is 12.2 Å². The number of hydrogen-bond donors (Lipinski definition) is 2. The van der Waals surface area contributed by atoms with Crippen molar-refractivity contribution < 1.29 is 14.2 Å². The molecule has 0 aromatic heterocycles. The molecule has 0 heterocycles. The zero-order valence-electron chi connectivity index (χ0n) is 11.1. The number of halogens is 1. The molecule has 4 heteroatoms. The summed E-state index contributed by atoms with van der Waals surface area (Å²) in [5, 5.41) is 10.0. The minimum absolute atomic E-state index is 0.230. The third kappa shape index (κ3) is 4.27. The molecule has 1 aromatic rings. The molecule has 0 spiro atoms. The lowest BCUT2D eigenvalue weighted by Crippen LogP contribution is -2.41. The molecular formula is C15H22FNO2. The minimum Gasteiger partial charge on any atom is -0.389 e. The van der Waals surface area contributed by atoms with E-state index >= 15 is 0 Å². The topological polar surface area (TPSA) is 55.5 Å². The summed E-state index contributed by atoms with van der Waals surface area (Å²) in [5.41, 5.74) is 5.74. The highest BCUT2D eigenvalue weighted by atomic mass is 19.1. The van der Waals surface area contributed by atoms with Crippen molar-refractivity contribution in [3.63, 3.8) is 0 Å². The molecule has 19 heavy (non-hydrogen) atoms. The molecule has 0 amide bonds. The Labute approximate surface area is 113 Å². The standard InChI is InChI=1S/C15H22FNO2/c16-14-3-1-2-13(8-14)10-19-9-12-4-6-15(18,11-17)7-5-12/h1-3,8,12,18H,4-7,9-11,17H2/t12-,15+. The van der Waals surface area contributed by atoms with Crippen molar-refractivity contribution in [1.82, 2.24) is 0 Å². The molecule has 2 rings (SSSR count). The third-order valence-electron chi connectivity index (χ3n) is 3.93. The Morgan fingerprint density at radius 2 is 2.11 bits per heavy atom. The smallest absolute Gasteiger partial charge is 0.123 e. The molecule has 106 valence electrons. The Bertz CT molecular complexity index is 403. The predicted octanol–water partition coefficient (Wildman–Crippen LogP) is 2.22. The largest absolute Gasteiger partial charge is 0.389 e. The van der Waals surface area contributed by atoms with Gasteiger partial charge in [0.1, 0.15) is 5.82 Å². The molecule has 1 aliphatic rings. The van der Waals surface area contributed by atoms with Crippen LogP contribution in [0, 0.1) is 11.7 Å². The van der Waals surface area contributed by atoms with Gasteiger partial charge in [0, 0.05) is 13.2 Å². The van der Waals surface area contributed by atoms with Crippen LogP contribution in [0.4, 0.5) is 4.39 Å². The molecule has 0 aliphatic heterocycles. The van der Waals surface area contributed by atoms with Crippen LogP contribution in [0.15, 0.2) is 24.3 Å². The Kier molecular flexibility index (Phi) is 4.91. The normalized spacial score (nSPS) is 27.4. The molecule has 0 unspecified atom stereocenters. The van der Waals surface area contributed by atoms with E-state index in [1.807, 2.05) is 6.07 Å². The maximum Gasteiger partial charge on any atom is 0.123 e. The average Bonchev–Trinajstić information content (AvgIpc) is 2.41. The van der Waals surface area contributed by atoms with E-state index in [1.54, 1.807) is 6.07 Å². The second kappa shape index (κ2) is 6.46. The van der Waals surface area contributed by atoms with Crippen molar-refractivity contribution in [3.8, 4) is 0 Å². The maximum atomic E-state index is 13.0. The van der Waals surface area contributed by atoms with E-state index in [0.717, 1.165) is 31.2 Å². The van der Waals surface area contributed by atoms with Crippen LogP contribution >= 0.6 is 0 Å². The molecule has 0 saturated heterocycles. The minimum atomic E-state index is -0.668. The predicted molar refractivity (Wildman–Crippen MR) is 72.0 cm³/mol. The summed E-state index contributed by atoms with van der Waals surface area (Å²) in [4.78, 5) is 0. The van der Waals surface area contributed by atoms with Crippen LogP contribution in [0.5, 0.6) is 0 Å². The highest BCUT2D eigenvalue weighted by Crippen LogP contribution is 2.31. The van der Waals surface area contributed by atoms with E-state index in [9.17, 15) is 9.50 Å². The summed E-state index contributed by atoms with van der Waals surface area (Å²) < 4.78 is 18.6. The summed E-state index contributed by atoms with van der Waals surface area (Å²) in [5.74, 6) is 0.243. The quantitative estimate of drug-likeness (QED) is 0.860. The average molecular weight is 267 g/mol. The van der Waals surface area contributed by atoms with E-state index < -0.39 is 5.60 Å². The summed E-state index contributed by atoms with van der Waals surface area (Å²) >= 11 is 0. The summed E-state index contributed by atoms with van der Waals surface area (Å²) in [7, 11) is 0. The van der Waals surface area contributed by atoms with Crippen molar-refractivity contribution in [1.29, 1.82) is 0 Å². The van der Waals surface area contributed by atoms with Crippen molar-refractivity contribution >= 4 is 0 Å². The lowest BCUT2D eigenvalue weighted by molar-refractivity contribution is -0.0191. The van der Waals surface area contributed by atoms with Crippen molar-refractivity contribution in [2.24, 2.45) is 11.7 Å². The first-order valence-corrected chi connectivity index (χ1v) is 6.86. The van der Waals surface area contributed by atoms with Gasteiger partial charge in [0.2, 0.25) is 0 Å². The third-order valence-corrected chi connectivity index (χ3v) is 3.93. The van der Waals surface area contributed by atoms with Gasteiger partial charge in [-0.2, -0.15) is 0 Å². The number of hydrogen-bond acceptors (Lipinski definition) is 3. The molecule has 0 atom stereocenters. The molecule has 3 nitrogen and oxygen atoms in total. The van der Waals surface area contributed by atoms with Crippen LogP contribution in [0.25, 0.3) is 0 Å². The van der Waals surface area contributed by atoms with Crippen molar-refractivity contribution in [3.05, 3.63) is 35.6 Å². The molecule has 3 N–H and O–H groups in total. The number of benzene rings is 1. The molecule has 1 aromatic carbocycles. The van der Waals surface area contributed by atoms with Crippen molar-refractivity contribution in [2.75, 3.05) is 13.2 Å². The second-order valence-corrected chi connectivity index (χ2v) is 5.52. The lowest BCUT2D eigenvalue weighted by atomic mass is 9.79. The number of aliphatic hydroxyl groups is 1. The van der Waals surface area contributed by atoms with Gasteiger partial charge < -0.3 is 15.6 Å². The van der Waals surface area contributed by atoms with Crippen molar-refractivity contribution in [2.45, 2.75) is 37.9 Å². The Morgan fingerprint density at radius 1 is 1.37 bits per heavy atom. The van der Waals surface area contributed by atoms with Gasteiger partial charge in [-0.05, 0) is 49.3 Å². The number of nitrogens with two attached hydrogens (primary N) is 1. The zero-order valence-corrected chi connectivity index (χ0v) is 11.1. The van der Waals surface area contributed by atoms with Gasteiger partial charge in [-0.3, -0.25) is 0 Å². The monoisotopic (exact) mass is 267 g/mol. The molecule has 0 radical (unpaired) electrons.